The summed E-state index contributed by atoms with van der Waals surface area (Å²) in [5, 5.41) is 0.722. The van der Waals surface area contributed by atoms with Gasteiger partial charge in [0.2, 0.25) is 10.0 Å². The summed E-state index contributed by atoms with van der Waals surface area (Å²) in [6, 6.07) is 7.18. The minimum Gasteiger partial charge on any atom is -0.322 e. The van der Waals surface area contributed by atoms with Gasteiger partial charge < -0.3 is 9.80 Å². The Morgan fingerprint density at radius 2 is 1.73 bits per heavy atom. The second-order valence-electron chi connectivity index (χ2n) is 10.4. The maximum Gasteiger partial charge on any atom is 0.419 e. The van der Waals surface area contributed by atoms with E-state index in [9.17, 15) is 30.8 Å². The van der Waals surface area contributed by atoms with Gasteiger partial charge in [-0.2, -0.15) is 17.5 Å². The van der Waals surface area contributed by atoms with Gasteiger partial charge in [0.1, 0.15) is 5.82 Å². The zero-order valence-electron chi connectivity index (χ0n) is 22.1. The normalized spacial score (nSPS) is 22.8. The number of halogens is 6. The van der Waals surface area contributed by atoms with Crippen LogP contribution in [0.5, 0.6) is 0 Å². The molecule has 14 heteroatoms. The quantitative estimate of drug-likeness (QED) is 0.432. The maximum atomic E-state index is 14.2. The first-order valence-electron chi connectivity index (χ1n) is 12.6. The van der Waals surface area contributed by atoms with Crippen molar-refractivity contribution in [2.75, 3.05) is 46.0 Å². The molecule has 4 rings (SSSR count). The molecule has 2 aliphatic heterocycles. The summed E-state index contributed by atoms with van der Waals surface area (Å²) in [7, 11) is -1.63. The van der Waals surface area contributed by atoms with Crippen LogP contribution in [0.3, 0.4) is 0 Å². The highest BCUT2D eigenvalue weighted by Crippen LogP contribution is 2.36. The number of rotatable bonds is 5. The maximum absolute atomic E-state index is 14.2. The van der Waals surface area contributed by atoms with Crippen LogP contribution in [0, 0.1) is 5.82 Å². The van der Waals surface area contributed by atoms with Crippen LogP contribution in [0.4, 0.5) is 22.4 Å². The molecule has 7 nitrogen and oxygen atoms in total. The number of hydrogen-bond acceptors (Lipinski definition) is 4. The van der Waals surface area contributed by atoms with Gasteiger partial charge in [0.25, 0.3) is 0 Å². The fourth-order valence-electron chi connectivity index (χ4n) is 5.56. The van der Waals surface area contributed by atoms with E-state index in [1.54, 1.807) is 35.9 Å². The number of benzene rings is 2. The smallest absolute Gasteiger partial charge is 0.322 e. The van der Waals surface area contributed by atoms with Crippen LogP contribution in [0.15, 0.2) is 36.4 Å². The molecule has 0 aliphatic carbocycles. The molecule has 0 saturated carbocycles. The molecule has 2 heterocycles. The summed E-state index contributed by atoms with van der Waals surface area (Å²) in [6.07, 6.45) is -3.64. The van der Waals surface area contributed by atoms with Gasteiger partial charge in [0.05, 0.1) is 21.9 Å². The molecule has 3 unspecified atom stereocenters. The lowest BCUT2D eigenvalue weighted by atomic mass is 9.93. The van der Waals surface area contributed by atoms with Crippen LogP contribution in [-0.4, -0.2) is 91.6 Å². The van der Waals surface area contributed by atoms with Crippen molar-refractivity contribution in [1.82, 2.24) is 19.0 Å². The third-order valence-corrected chi connectivity index (χ3v) is 9.66. The van der Waals surface area contributed by atoms with Crippen molar-refractivity contribution >= 4 is 39.3 Å². The Balaban J connectivity index is 1.56. The first-order valence-corrected chi connectivity index (χ1v) is 15.2. The molecular formula is C26H30Cl2F4N4O3S. The van der Waals surface area contributed by atoms with Crippen LogP contribution >= 0.6 is 23.2 Å². The van der Waals surface area contributed by atoms with Crippen LogP contribution < -0.4 is 0 Å². The minimum absolute atomic E-state index is 0.143. The summed E-state index contributed by atoms with van der Waals surface area (Å²) >= 11 is 12.4. The van der Waals surface area contributed by atoms with Crippen molar-refractivity contribution in [2.45, 2.75) is 37.6 Å². The van der Waals surface area contributed by atoms with Gasteiger partial charge in [0.15, 0.2) is 0 Å². The second kappa shape index (κ2) is 11.6. The van der Waals surface area contributed by atoms with Crippen molar-refractivity contribution in [3.63, 3.8) is 0 Å². The number of sulfonamides is 1. The Morgan fingerprint density at radius 3 is 2.30 bits per heavy atom. The Labute approximate surface area is 241 Å². The van der Waals surface area contributed by atoms with E-state index in [4.69, 9.17) is 23.2 Å². The largest absolute Gasteiger partial charge is 0.419 e. The molecule has 0 N–H and O–H groups in total. The fourth-order valence-corrected chi connectivity index (χ4v) is 7.00. The first kappa shape index (κ1) is 30.8. The Kier molecular flexibility index (Phi) is 8.97. The summed E-state index contributed by atoms with van der Waals surface area (Å²) in [5.74, 6) is -1.57. The molecule has 0 aromatic heterocycles. The lowest BCUT2D eigenvalue weighted by Crippen LogP contribution is -2.57. The Bertz CT molecular complexity index is 1380. The number of amides is 2. The predicted molar refractivity (Wildman–Crippen MR) is 145 cm³/mol. The molecule has 40 heavy (non-hydrogen) atoms. The van der Waals surface area contributed by atoms with Crippen LogP contribution in [0.1, 0.15) is 29.5 Å². The molecule has 2 fully saturated rings. The highest BCUT2D eigenvalue weighted by atomic mass is 35.5. The summed E-state index contributed by atoms with van der Waals surface area (Å²) < 4.78 is 78.8. The minimum atomic E-state index is -4.79. The van der Waals surface area contributed by atoms with Crippen molar-refractivity contribution < 1.29 is 30.8 Å². The molecule has 2 saturated heterocycles. The van der Waals surface area contributed by atoms with E-state index >= 15 is 0 Å². The number of nitrogens with zero attached hydrogens (tertiary/aromatic N) is 4. The standard InChI is InChI=1S/C26H30Cl2F4N4O3S/c1-16-12-34(8-9-36(16)40(3,38)39)25(37)35-14-19(18-5-7-21(27)22(28)11-18)24(15-35)33(2)13-17-4-6-20(23(29)10-17)26(30,31)32/h4-7,10-11,16,19,24H,8-9,12-15H2,1-3H3. The number of carbonyl (C=O) groups excluding carboxylic acids is 1. The molecule has 2 amide bonds. The first-order chi connectivity index (χ1) is 18.6. The Hall–Kier alpha value is -2.12. The predicted octanol–water partition coefficient (Wildman–Crippen LogP) is 5.14. The Morgan fingerprint density at radius 1 is 1.02 bits per heavy atom. The lowest BCUT2D eigenvalue weighted by molar-refractivity contribution is -0.140. The molecule has 2 aliphatic rings. The highest BCUT2D eigenvalue weighted by molar-refractivity contribution is 7.88. The van der Waals surface area contributed by atoms with Gasteiger partial charge in [-0.15, -0.1) is 0 Å². The molecule has 3 atom stereocenters. The molecule has 0 spiro atoms. The molecular weight excluding hydrogens is 595 g/mol. The number of hydrogen-bond donors (Lipinski definition) is 0. The molecule has 0 radical (unpaired) electrons. The van der Waals surface area contributed by atoms with E-state index in [2.05, 4.69) is 0 Å². The number of piperazine rings is 1. The summed E-state index contributed by atoms with van der Waals surface area (Å²) in [4.78, 5) is 18.8. The van der Waals surface area contributed by atoms with Crippen molar-refractivity contribution in [3.8, 4) is 0 Å². The van der Waals surface area contributed by atoms with Crippen LogP contribution in [0.25, 0.3) is 0 Å². The SMILES string of the molecule is CC1CN(C(=O)N2CC(c3ccc(Cl)c(Cl)c3)C(N(C)Cc3ccc(C(F)(F)F)c(F)c3)C2)CCN1S(C)(=O)=O. The van der Waals surface area contributed by atoms with Gasteiger partial charge in [0, 0.05) is 57.3 Å². The number of likely N-dealkylation sites (N-methyl/N-ethyl adjacent to an activating group) is 1. The molecule has 2 aromatic carbocycles. The van der Waals surface area contributed by atoms with E-state index in [1.165, 1.54) is 10.4 Å². The molecule has 2 aromatic rings. The molecule has 220 valence electrons. The monoisotopic (exact) mass is 624 g/mol. The fraction of sp³-hybridized carbons (Fsp3) is 0.500. The van der Waals surface area contributed by atoms with E-state index in [0.717, 1.165) is 24.0 Å². The number of likely N-dealkylation sites (tertiary alicyclic amines) is 1. The van der Waals surface area contributed by atoms with E-state index in [0.29, 0.717) is 28.7 Å². The topological polar surface area (TPSA) is 64.2 Å². The summed E-state index contributed by atoms with van der Waals surface area (Å²) in [6.45, 7) is 3.20. The number of alkyl halides is 3. The van der Waals surface area contributed by atoms with Gasteiger partial charge in [-0.1, -0.05) is 35.3 Å². The van der Waals surface area contributed by atoms with Gasteiger partial charge >= 0.3 is 12.2 Å². The average molecular weight is 626 g/mol. The van der Waals surface area contributed by atoms with E-state index in [1.807, 2.05) is 11.0 Å². The van der Waals surface area contributed by atoms with Crippen LogP contribution in [-0.2, 0) is 22.7 Å². The van der Waals surface area contributed by atoms with E-state index in [-0.39, 0.29) is 50.2 Å². The summed E-state index contributed by atoms with van der Waals surface area (Å²) in [5.41, 5.74) is -0.137. The van der Waals surface area contributed by atoms with Crippen molar-refractivity contribution in [1.29, 1.82) is 0 Å². The van der Waals surface area contributed by atoms with E-state index < -0.39 is 27.6 Å². The van der Waals surface area contributed by atoms with Gasteiger partial charge in [-0.3, -0.25) is 4.90 Å². The second-order valence-corrected chi connectivity index (χ2v) is 13.2. The highest BCUT2D eigenvalue weighted by Gasteiger charge is 2.42. The average Bonchev–Trinajstić information content (AvgIpc) is 3.29. The van der Waals surface area contributed by atoms with Gasteiger partial charge in [-0.25, -0.2) is 17.6 Å². The van der Waals surface area contributed by atoms with Crippen molar-refractivity contribution in [2.24, 2.45) is 0 Å². The van der Waals surface area contributed by atoms with Gasteiger partial charge in [-0.05, 0) is 49.4 Å². The lowest BCUT2D eigenvalue weighted by Gasteiger charge is -2.39. The zero-order valence-corrected chi connectivity index (χ0v) is 24.5. The number of carbonyl (C=O) groups is 1. The third-order valence-electron chi connectivity index (χ3n) is 7.53. The van der Waals surface area contributed by atoms with Crippen LogP contribution in [0.2, 0.25) is 10.0 Å². The molecule has 0 bridgehead atoms. The third kappa shape index (κ3) is 6.67. The zero-order chi connectivity index (χ0) is 29.6. The van der Waals surface area contributed by atoms with Crippen molar-refractivity contribution in [3.05, 3.63) is 69.0 Å². The number of urea groups is 1.